The van der Waals surface area contributed by atoms with Gasteiger partial charge in [0.05, 0.1) is 11.7 Å². The van der Waals surface area contributed by atoms with Crippen LogP contribution in [0, 0.1) is 11.8 Å². The topological polar surface area (TPSA) is 24.9 Å². The Labute approximate surface area is 110 Å². The lowest BCUT2D eigenvalue weighted by molar-refractivity contribution is 0.319. The van der Waals surface area contributed by atoms with Crippen molar-refractivity contribution >= 4 is 0 Å². The number of nitrogens with one attached hydrogen (secondary N) is 1. The lowest BCUT2D eigenvalue weighted by Crippen LogP contribution is -2.35. The van der Waals surface area contributed by atoms with Crippen molar-refractivity contribution in [3.63, 3.8) is 0 Å². The van der Waals surface area contributed by atoms with Crippen LogP contribution in [-0.4, -0.2) is 11.0 Å². The van der Waals surface area contributed by atoms with Gasteiger partial charge in [0.1, 0.15) is 0 Å². The molecule has 98 valence electrons. The normalized spacial score (nSPS) is 34.8. The third-order valence-electron chi connectivity index (χ3n) is 5.12. The highest BCUT2D eigenvalue weighted by Crippen LogP contribution is 2.37. The summed E-state index contributed by atoms with van der Waals surface area (Å²) in [7, 11) is 0. The Balaban J connectivity index is 1.68. The number of nitrogens with zero attached hydrogens (tertiary/aromatic N) is 1. The molecule has 0 saturated heterocycles. The first-order chi connectivity index (χ1) is 8.79. The number of rotatable bonds is 3. The SMILES string of the molecule is CCC1CCC(NC2CCc3cccnc32)C1C. The summed E-state index contributed by atoms with van der Waals surface area (Å²) in [5, 5.41) is 3.89. The van der Waals surface area contributed by atoms with Gasteiger partial charge in [-0.25, -0.2) is 0 Å². The van der Waals surface area contributed by atoms with Crippen molar-refractivity contribution in [1.29, 1.82) is 0 Å². The smallest absolute Gasteiger partial charge is 0.0605 e. The fraction of sp³-hybridized carbons (Fsp3) is 0.688. The van der Waals surface area contributed by atoms with Gasteiger partial charge in [0.2, 0.25) is 0 Å². The van der Waals surface area contributed by atoms with E-state index in [4.69, 9.17) is 0 Å². The molecular weight excluding hydrogens is 220 g/mol. The van der Waals surface area contributed by atoms with Crippen molar-refractivity contribution in [3.8, 4) is 0 Å². The molecule has 1 heterocycles. The van der Waals surface area contributed by atoms with E-state index in [1.807, 2.05) is 6.20 Å². The van der Waals surface area contributed by atoms with E-state index in [0.29, 0.717) is 12.1 Å². The molecule has 2 aliphatic rings. The fourth-order valence-electron chi connectivity index (χ4n) is 3.89. The standard InChI is InChI=1S/C16H24N2/c1-3-12-6-8-14(11(12)2)18-15-9-7-13-5-4-10-17-16(13)15/h4-5,10-12,14-15,18H,3,6-9H2,1-2H3. The molecule has 2 nitrogen and oxygen atoms in total. The lowest BCUT2D eigenvalue weighted by Gasteiger charge is -2.24. The molecule has 0 aliphatic heterocycles. The summed E-state index contributed by atoms with van der Waals surface area (Å²) in [5.74, 6) is 1.75. The van der Waals surface area contributed by atoms with E-state index >= 15 is 0 Å². The maximum atomic E-state index is 4.58. The molecule has 0 radical (unpaired) electrons. The molecule has 2 heteroatoms. The van der Waals surface area contributed by atoms with Crippen LogP contribution in [-0.2, 0) is 6.42 Å². The quantitative estimate of drug-likeness (QED) is 0.880. The highest BCUT2D eigenvalue weighted by atomic mass is 15.0. The Morgan fingerprint density at radius 2 is 2.22 bits per heavy atom. The first kappa shape index (κ1) is 12.2. The molecule has 0 aromatic carbocycles. The van der Waals surface area contributed by atoms with Gasteiger partial charge in [0.15, 0.2) is 0 Å². The van der Waals surface area contributed by atoms with E-state index in [1.165, 1.54) is 43.4 Å². The zero-order chi connectivity index (χ0) is 12.5. The van der Waals surface area contributed by atoms with Crippen LogP contribution < -0.4 is 5.32 Å². The molecule has 1 aromatic rings. The van der Waals surface area contributed by atoms with Gasteiger partial charge >= 0.3 is 0 Å². The molecule has 2 aliphatic carbocycles. The van der Waals surface area contributed by atoms with E-state index in [2.05, 4.69) is 36.3 Å². The van der Waals surface area contributed by atoms with Crippen LogP contribution in [0.15, 0.2) is 18.3 Å². The van der Waals surface area contributed by atoms with E-state index in [-0.39, 0.29) is 0 Å². The van der Waals surface area contributed by atoms with Gasteiger partial charge < -0.3 is 5.32 Å². The molecule has 1 aromatic heterocycles. The molecule has 1 fully saturated rings. The second-order valence-electron chi connectivity index (χ2n) is 6.02. The molecular formula is C16H24N2. The highest BCUT2D eigenvalue weighted by molar-refractivity contribution is 5.28. The monoisotopic (exact) mass is 244 g/mol. The molecule has 18 heavy (non-hydrogen) atoms. The highest BCUT2D eigenvalue weighted by Gasteiger charge is 2.34. The van der Waals surface area contributed by atoms with E-state index in [0.717, 1.165) is 11.8 Å². The largest absolute Gasteiger partial charge is 0.306 e. The van der Waals surface area contributed by atoms with Crippen LogP contribution in [0.5, 0.6) is 0 Å². The fourth-order valence-corrected chi connectivity index (χ4v) is 3.89. The summed E-state index contributed by atoms with van der Waals surface area (Å²) >= 11 is 0. The average molecular weight is 244 g/mol. The van der Waals surface area contributed by atoms with Gasteiger partial charge in [-0.15, -0.1) is 0 Å². The summed E-state index contributed by atoms with van der Waals surface area (Å²) < 4.78 is 0. The maximum Gasteiger partial charge on any atom is 0.0605 e. The molecule has 4 unspecified atom stereocenters. The number of hydrogen-bond donors (Lipinski definition) is 1. The second-order valence-corrected chi connectivity index (χ2v) is 6.02. The summed E-state index contributed by atoms with van der Waals surface area (Å²) in [5.41, 5.74) is 2.76. The minimum Gasteiger partial charge on any atom is -0.306 e. The third kappa shape index (κ3) is 2.07. The molecule has 3 rings (SSSR count). The minimum absolute atomic E-state index is 0.504. The van der Waals surface area contributed by atoms with E-state index in [1.54, 1.807) is 0 Å². The van der Waals surface area contributed by atoms with E-state index < -0.39 is 0 Å². The van der Waals surface area contributed by atoms with Crippen LogP contribution in [0.4, 0.5) is 0 Å². The minimum atomic E-state index is 0.504. The van der Waals surface area contributed by atoms with Gasteiger partial charge in [-0.3, -0.25) is 4.98 Å². The van der Waals surface area contributed by atoms with Crippen molar-refractivity contribution in [1.82, 2.24) is 10.3 Å². The van der Waals surface area contributed by atoms with Crippen LogP contribution in [0.2, 0.25) is 0 Å². The first-order valence-electron chi connectivity index (χ1n) is 7.49. The Morgan fingerprint density at radius 3 is 3.00 bits per heavy atom. The van der Waals surface area contributed by atoms with Crippen molar-refractivity contribution < 1.29 is 0 Å². The van der Waals surface area contributed by atoms with Crippen LogP contribution >= 0.6 is 0 Å². The molecule has 0 bridgehead atoms. The summed E-state index contributed by atoms with van der Waals surface area (Å²) in [6, 6.07) is 5.50. The van der Waals surface area contributed by atoms with Gasteiger partial charge in [0.25, 0.3) is 0 Å². The first-order valence-corrected chi connectivity index (χ1v) is 7.49. The maximum absolute atomic E-state index is 4.58. The van der Waals surface area contributed by atoms with Crippen molar-refractivity contribution in [3.05, 3.63) is 29.6 Å². The number of pyridine rings is 1. The van der Waals surface area contributed by atoms with Gasteiger partial charge in [-0.05, 0) is 49.1 Å². The Morgan fingerprint density at radius 1 is 1.33 bits per heavy atom. The number of hydrogen-bond acceptors (Lipinski definition) is 2. The number of fused-ring (bicyclic) bond motifs is 1. The Kier molecular flexibility index (Phi) is 3.38. The summed E-state index contributed by atoms with van der Waals surface area (Å²) in [6.45, 7) is 4.75. The van der Waals surface area contributed by atoms with Crippen LogP contribution in [0.1, 0.15) is 56.8 Å². The molecule has 1 saturated carbocycles. The Bertz CT molecular complexity index is 415. The van der Waals surface area contributed by atoms with E-state index in [9.17, 15) is 0 Å². The second kappa shape index (κ2) is 5.00. The van der Waals surface area contributed by atoms with Gasteiger partial charge in [0, 0.05) is 12.2 Å². The molecule has 0 spiro atoms. The molecule has 4 atom stereocenters. The molecule has 1 N–H and O–H groups in total. The number of aryl methyl sites for hydroxylation is 1. The molecule has 0 amide bonds. The predicted octanol–water partition coefficient (Wildman–Crippen LogP) is 3.48. The zero-order valence-corrected chi connectivity index (χ0v) is 11.5. The van der Waals surface area contributed by atoms with Crippen LogP contribution in [0.25, 0.3) is 0 Å². The average Bonchev–Trinajstić information content (AvgIpc) is 2.96. The third-order valence-corrected chi connectivity index (χ3v) is 5.12. The Hall–Kier alpha value is -0.890. The van der Waals surface area contributed by atoms with Crippen molar-refractivity contribution in [2.75, 3.05) is 0 Å². The summed E-state index contributed by atoms with van der Waals surface area (Å²) in [4.78, 5) is 4.58. The predicted molar refractivity (Wildman–Crippen MR) is 74.4 cm³/mol. The van der Waals surface area contributed by atoms with Gasteiger partial charge in [-0.1, -0.05) is 26.3 Å². The van der Waals surface area contributed by atoms with Crippen molar-refractivity contribution in [2.24, 2.45) is 11.8 Å². The number of aromatic nitrogens is 1. The zero-order valence-electron chi connectivity index (χ0n) is 11.5. The van der Waals surface area contributed by atoms with Crippen LogP contribution in [0.3, 0.4) is 0 Å². The lowest BCUT2D eigenvalue weighted by atomic mass is 9.93. The van der Waals surface area contributed by atoms with Gasteiger partial charge in [-0.2, -0.15) is 0 Å². The van der Waals surface area contributed by atoms with Crippen molar-refractivity contribution in [2.45, 2.75) is 58.0 Å². The summed E-state index contributed by atoms with van der Waals surface area (Å²) in [6.07, 6.45) is 8.44.